The minimum Gasteiger partial charge on any atom is -0.404 e. The van der Waals surface area contributed by atoms with Crippen LogP contribution in [-0.2, 0) is 0 Å². The van der Waals surface area contributed by atoms with E-state index in [4.69, 9.17) is 10.3 Å². The Bertz CT molecular complexity index is 1040. The summed E-state index contributed by atoms with van der Waals surface area (Å²) in [5.41, 5.74) is 3.35. The van der Waals surface area contributed by atoms with E-state index in [0.717, 1.165) is 30.3 Å². The average molecular weight is 393 g/mol. The van der Waals surface area contributed by atoms with Crippen molar-refractivity contribution in [3.05, 3.63) is 78.2 Å². The van der Waals surface area contributed by atoms with Crippen LogP contribution in [-0.4, -0.2) is 17.0 Å². The molecule has 0 fully saturated rings. The Labute approximate surface area is 155 Å². The molecule has 0 aliphatic carbocycles. The molecule has 0 atom stereocenters. The van der Waals surface area contributed by atoms with E-state index in [2.05, 4.69) is 10.1 Å². The lowest BCUT2D eigenvalue weighted by molar-refractivity contribution is -0.0571. The Kier molecular flexibility index (Phi) is 5.25. The van der Waals surface area contributed by atoms with Gasteiger partial charge < -0.3 is 10.3 Å². The molecule has 3 aromatic rings. The van der Waals surface area contributed by atoms with Gasteiger partial charge in [0.05, 0.1) is 11.3 Å². The molecule has 1 aromatic heterocycles. The molecule has 0 spiro atoms. The Morgan fingerprint density at radius 3 is 2.32 bits per heavy atom. The third-order valence-corrected chi connectivity index (χ3v) is 3.68. The van der Waals surface area contributed by atoms with E-state index in [1.165, 1.54) is 18.2 Å². The SMILES string of the molecule is NC=C(C(=Nc1ccc(F)cc1)C(F)(F)F)c1cc(-c2ccccc2F)no1. The largest absolute Gasteiger partial charge is 0.434 e. The molecule has 144 valence electrons. The second kappa shape index (κ2) is 7.63. The molecule has 3 rings (SSSR count). The Morgan fingerprint density at radius 2 is 1.71 bits per heavy atom. The highest BCUT2D eigenvalue weighted by molar-refractivity contribution is 6.26. The van der Waals surface area contributed by atoms with Gasteiger partial charge in [0, 0.05) is 17.8 Å². The van der Waals surface area contributed by atoms with Crippen LogP contribution in [0, 0.1) is 11.6 Å². The predicted octanol–water partition coefficient (Wildman–Crippen LogP) is 5.25. The third-order valence-electron chi connectivity index (χ3n) is 3.68. The van der Waals surface area contributed by atoms with E-state index in [1.807, 2.05) is 0 Å². The van der Waals surface area contributed by atoms with Crippen molar-refractivity contribution in [2.75, 3.05) is 0 Å². The summed E-state index contributed by atoms with van der Waals surface area (Å²) in [6.45, 7) is 0. The number of hydrogen-bond donors (Lipinski definition) is 1. The number of alkyl halides is 3. The van der Waals surface area contributed by atoms with Crippen LogP contribution in [0.5, 0.6) is 0 Å². The quantitative estimate of drug-likeness (QED) is 0.486. The molecule has 2 N–H and O–H groups in total. The maximum Gasteiger partial charge on any atom is 0.434 e. The van der Waals surface area contributed by atoms with Gasteiger partial charge in [0.15, 0.2) is 11.5 Å². The number of rotatable bonds is 4. The number of nitrogens with zero attached hydrogens (tertiary/aromatic N) is 2. The molecule has 4 nitrogen and oxygen atoms in total. The van der Waals surface area contributed by atoms with Crippen LogP contribution in [0.2, 0.25) is 0 Å². The van der Waals surface area contributed by atoms with Gasteiger partial charge in [-0.3, -0.25) is 0 Å². The Morgan fingerprint density at radius 1 is 1.04 bits per heavy atom. The fourth-order valence-electron chi connectivity index (χ4n) is 2.40. The first kappa shape index (κ1) is 19.3. The molecule has 0 aliphatic rings. The fraction of sp³-hybridized carbons (Fsp3) is 0.0526. The zero-order valence-electron chi connectivity index (χ0n) is 14.0. The zero-order chi connectivity index (χ0) is 20.3. The second-order valence-corrected chi connectivity index (χ2v) is 5.57. The minimum absolute atomic E-state index is 0.00393. The van der Waals surface area contributed by atoms with E-state index in [9.17, 15) is 22.0 Å². The van der Waals surface area contributed by atoms with Crippen molar-refractivity contribution in [3.8, 4) is 11.3 Å². The maximum absolute atomic E-state index is 13.9. The summed E-state index contributed by atoms with van der Waals surface area (Å²) in [6.07, 6.45) is -4.23. The number of aromatic nitrogens is 1. The molecular weight excluding hydrogens is 381 g/mol. The summed E-state index contributed by atoms with van der Waals surface area (Å²) in [5.74, 6) is -1.58. The highest BCUT2D eigenvalue weighted by Gasteiger charge is 2.40. The van der Waals surface area contributed by atoms with Gasteiger partial charge >= 0.3 is 6.18 Å². The van der Waals surface area contributed by atoms with Crippen molar-refractivity contribution < 1.29 is 26.5 Å². The molecule has 0 saturated carbocycles. The summed E-state index contributed by atoms with van der Waals surface area (Å²) in [6, 6.07) is 10.8. The van der Waals surface area contributed by atoms with Gasteiger partial charge in [-0.1, -0.05) is 17.3 Å². The van der Waals surface area contributed by atoms with Crippen molar-refractivity contribution in [2.24, 2.45) is 10.7 Å². The number of halogens is 5. The van der Waals surface area contributed by atoms with Crippen LogP contribution in [0.15, 0.2) is 70.3 Å². The first-order chi connectivity index (χ1) is 13.3. The molecule has 0 amide bonds. The molecule has 9 heteroatoms. The van der Waals surface area contributed by atoms with Crippen LogP contribution < -0.4 is 5.73 Å². The first-order valence-corrected chi connectivity index (χ1v) is 7.85. The van der Waals surface area contributed by atoms with Crippen LogP contribution in [0.4, 0.5) is 27.6 Å². The van der Waals surface area contributed by atoms with Crippen LogP contribution in [0.25, 0.3) is 16.8 Å². The average Bonchev–Trinajstić information content (AvgIpc) is 3.12. The lowest BCUT2D eigenvalue weighted by Gasteiger charge is -2.12. The molecule has 0 radical (unpaired) electrons. The molecule has 0 unspecified atom stereocenters. The predicted molar refractivity (Wildman–Crippen MR) is 93.6 cm³/mol. The van der Waals surface area contributed by atoms with E-state index in [-0.39, 0.29) is 22.7 Å². The maximum atomic E-state index is 13.9. The number of aliphatic imine (C=N–C) groups is 1. The standard InChI is InChI=1S/C19H12F5N3O/c20-11-5-7-12(8-6-11)26-18(19(22,23)24)14(10-25)17-9-16(27-28-17)13-3-1-2-4-15(13)21/h1-10H,25H2. The number of benzene rings is 2. The van der Waals surface area contributed by atoms with Crippen molar-refractivity contribution >= 4 is 17.0 Å². The van der Waals surface area contributed by atoms with Gasteiger partial charge in [-0.2, -0.15) is 13.2 Å². The van der Waals surface area contributed by atoms with E-state index < -0.39 is 29.1 Å². The van der Waals surface area contributed by atoms with Gasteiger partial charge in [0.1, 0.15) is 17.3 Å². The number of allylic oxidation sites excluding steroid dienone is 1. The van der Waals surface area contributed by atoms with Crippen LogP contribution >= 0.6 is 0 Å². The second-order valence-electron chi connectivity index (χ2n) is 5.57. The monoisotopic (exact) mass is 393 g/mol. The zero-order valence-corrected chi connectivity index (χ0v) is 14.0. The van der Waals surface area contributed by atoms with E-state index >= 15 is 0 Å². The van der Waals surface area contributed by atoms with Crippen molar-refractivity contribution in [1.82, 2.24) is 5.16 Å². The van der Waals surface area contributed by atoms with Gasteiger partial charge in [-0.25, -0.2) is 13.8 Å². The molecule has 0 bridgehead atoms. The topological polar surface area (TPSA) is 64.4 Å². The summed E-state index contributed by atoms with van der Waals surface area (Å²) in [7, 11) is 0. The Balaban J connectivity index is 2.05. The van der Waals surface area contributed by atoms with Crippen LogP contribution in [0.3, 0.4) is 0 Å². The van der Waals surface area contributed by atoms with Gasteiger partial charge in [-0.15, -0.1) is 0 Å². The normalized spacial score (nSPS) is 13.0. The lowest BCUT2D eigenvalue weighted by Crippen LogP contribution is -2.24. The molecule has 28 heavy (non-hydrogen) atoms. The van der Waals surface area contributed by atoms with Crippen molar-refractivity contribution in [3.63, 3.8) is 0 Å². The molecule has 1 heterocycles. The molecule has 0 saturated heterocycles. The summed E-state index contributed by atoms with van der Waals surface area (Å²) < 4.78 is 72.6. The minimum atomic E-state index is -4.90. The summed E-state index contributed by atoms with van der Waals surface area (Å²) in [4.78, 5) is 3.53. The third kappa shape index (κ3) is 4.08. The van der Waals surface area contributed by atoms with E-state index in [0.29, 0.717) is 6.20 Å². The number of hydrogen-bond acceptors (Lipinski definition) is 4. The summed E-state index contributed by atoms with van der Waals surface area (Å²) >= 11 is 0. The first-order valence-electron chi connectivity index (χ1n) is 7.85. The molecule has 0 aliphatic heterocycles. The fourth-order valence-corrected chi connectivity index (χ4v) is 2.40. The van der Waals surface area contributed by atoms with Crippen LogP contribution in [0.1, 0.15) is 5.76 Å². The van der Waals surface area contributed by atoms with Crippen molar-refractivity contribution in [2.45, 2.75) is 6.18 Å². The highest BCUT2D eigenvalue weighted by Crippen LogP contribution is 2.32. The van der Waals surface area contributed by atoms with Gasteiger partial charge in [0.2, 0.25) is 0 Å². The molecular formula is C19H12F5N3O. The summed E-state index contributed by atoms with van der Waals surface area (Å²) in [5, 5.41) is 3.62. The molecule has 2 aromatic carbocycles. The van der Waals surface area contributed by atoms with Crippen molar-refractivity contribution in [1.29, 1.82) is 0 Å². The number of nitrogens with two attached hydrogens (primary N) is 1. The van der Waals surface area contributed by atoms with Gasteiger partial charge in [-0.05, 0) is 36.4 Å². The van der Waals surface area contributed by atoms with Gasteiger partial charge in [0.25, 0.3) is 0 Å². The highest BCUT2D eigenvalue weighted by atomic mass is 19.4. The lowest BCUT2D eigenvalue weighted by atomic mass is 10.1. The van der Waals surface area contributed by atoms with E-state index in [1.54, 1.807) is 6.07 Å². The Hall–Kier alpha value is -3.49. The smallest absolute Gasteiger partial charge is 0.404 e.